The van der Waals surface area contributed by atoms with Gasteiger partial charge in [-0.3, -0.25) is 9.69 Å². The average Bonchev–Trinajstić information content (AvgIpc) is 2.72. The summed E-state index contributed by atoms with van der Waals surface area (Å²) in [6.45, 7) is 5.04. The third-order valence-corrected chi connectivity index (χ3v) is 2.48. The van der Waals surface area contributed by atoms with Crippen molar-refractivity contribution < 1.29 is 14.3 Å². The summed E-state index contributed by atoms with van der Waals surface area (Å²) in [6.07, 6.45) is -0.459. The molecule has 1 N–H and O–H groups in total. The van der Waals surface area contributed by atoms with Crippen LogP contribution in [-0.4, -0.2) is 18.5 Å². The SMILES string of the molecule is CCOC(=O)N1[CH]Nc2c(C(C)=O)cccc21. The average molecular weight is 233 g/mol. The molecule has 0 saturated heterocycles. The predicted molar refractivity (Wildman–Crippen MR) is 63.9 cm³/mol. The van der Waals surface area contributed by atoms with E-state index in [4.69, 9.17) is 4.74 Å². The molecule has 0 atom stereocenters. The number of para-hydroxylation sites is 1. The van der Waals surface area contributed by atoms with E-state index in [0.717, 1.165) is 0 Å². The first-order chi connectivity index (χ1) is 8.15. The first-order valence-corrected chi connectivity index (χ1v) is 5.35. The lowest BCUT2D eigenvalue weighted by molar-refractivity contribution is 0.101. The highest BCUT2D eigenvalue weighted by molar-refractivity contribution is 6.07. The summed E-state index contributed by atoms with van der Waals surface area (Å²) < 4.78 is 4.91. The number of rotatable bonds is 2. The lowest BCUT2D eigenvalue weighted by Gasteiger charge is -2.14. The lowest BCUT2D eigenvalue weighted by Crippen LogP contribution is -2.27. The van der Waals surface area contributed by atoms with E-state index in [0.29, 0.717) is 23.5 Å². The standard InChI is InChI=1S/C12H13N2O3/c1-3-17-12(16)14-7-13-11-9(8(2)15)5-4-6-10(11)14/h4-7,13H,3H2,1-2H3. The second-order valence-corrected chi connectivity index (χ2v) is 3.60. The lowest BCUT2D eigenvalue weighted by atomic mass is 10.1. The molecule has 1 radical (unpaired) electrons. The van der Waals surface area contributed by atoms with Gasteiger partial charge in [0.25, 0.3) is 0 Å². The number of ether oxygens (including phenoxy) is 1. The first-order valence-electron chi connectivity index (χ1n) is 5.35. The van der Waals surface area contributed by atoms with Gasteiger partial charge in [0.2, 0.25) is 0 Å². The summed E-state index contributed by atoms with van der Waals surface area (Å²) in [7, 11) is 0. The zero-order chi connectivity index (χ0) is 12.4. The Bertz CT molecular complexity index is 471. The summed E-state index contributed by atoms with van der Waals surface area (Å²) in [6, 6.07) is 5.22. The third kappa shape index (κ3) is 1.95. The second kappa shape index (κ2) is 4.45. The largest absolute Gasteiger partial charge is 0.449 e. The van der Waals surface area contributed by atoms with E-state index in [9.17, 15) is 9.59 Å². The number of hydrogen-bond donors (Lipinski definition) is 1. The highest BCUT2D eigenvalue weighted by Gasteiger charge is 2.28. The van der Waals surface area contributed by atoms with E-state index >= 15 is 0 Å². The molecule has 17 heavy (non-hydrogen) atoms. The highest BCUT2D eigenvalue weighted by atomic mass is 16.6. The molecule has 0 unspecified atom stereocenters. The van der Waals surface area contributed by atoms with Crippen molar-refractivity contribution in [2.45, 2.75) is 13.8 Å². The monoisotopic (exact) mass is 233 g/mol. The molecule has 1 aromatic rings. The van der Waals surface area contributed by atoms with Crippen molar-refractivity contribution in [1.82, 2.24) is 0 Å². The Morgan fingerprint density at radius 3 is 2.82 bits per heavy atom. The molecule has 5 nitrogen and oxygen atoms in total. The van der Waals surface area contributed by atoms with Gasteiger partial charge in [0.15, 0.2) is 5.78 Å². The van der Waals surface area contributed by atoms with Gasteiger partial charge in [0.1, 0.15) is 6.67 Å². The maximum Gasteiger partial charge on any atom is 0.416 e. The van der Waals surface area contributed by atoms with Crippen LogP contribution in [0.1, 0.15) is 24.2 Å². The predicted octanol–water partition coefficient (Wildman–Crippen LogP) is 2.40. The number of fused-ring (bicyclic) bond motifs is 1. The molecule has 1 heterocycles. The summed E-state index contributed by atoms with van der Waals surface area (Å²) >= 11 is 0. The zero-order valence-corrected chi connectivity index (χ0v) is 9.69. The number of benzene rings is 1. The Balaban J connectivity index is 2.36. The van der Waals surface area contributed by atoms with E-state index < -0.39 is 6.09 Å². The van der Waals surface area contributed by atoms with Gasteiger partial charge >= 0.3 is 6.09 Å². The van der Waals surface area contributed by atoms with E-state index in [-0.39, 0.29) is 5.78 Å². The van der Waals surface area contributed by atoms with Crippen molar-refractivity contribution in [3.63, 3.8) is 0 Å². The number of carbonyl (C=O) groups is 2. The summed E-state index contributed by atoms with van der Waals surface area (Å²) in [5.41, 5.74) is 1.84. The molecule has 0 aromatic heterocycles. The Labute approximate surface area is 99.4 Å². The molecule has 2 rings (SSSR count). The van der Waals surface area contributed by atoms with E-state index in [1.807, 2.05) is 0 Å². The minimum Gasteiger partial charge on any atom is -0.449 e. The van der Waals surface area contributed by atoms with Crippen molar-refractivity contribution in [3.8, 4) is 0 Å². The van der Waals surface area contributed by atoms with E-state index in [1.54, 1.807) is 25.1 Å². The third-order valence-electron chi connectivity index (χ3n) is 2.48. The van der Waals surface area contributed by atoms with Crippen LogP contribution < -0.4 is 10.2 Å². The molecule has 0 bridgehead atoms. The van der Waals surface area contributed by atoms with E-state index in [1.165, 1.54) is 18.5 Å². The molecular weight excluding hydrogens is 220 g/mol. The number of hydrogen-bond acceptors (Lipinski definition) is 4. The Morgan fingerprint density at radius 2 is 2.18 bits per heavy atom. The van der Waals surface area contributed by atoms with Crippen LogP contribution in [0, 0.1) is 6.67 Å². The van der Waals surface area contributed by atoms with Crippen LogP contribution in [0.5, 0.6) is 0 Å². The van der Waals surface area contributed by atoms with Crippen LogP contribution in [0.2, 0.25) is 0 Å². The number of nitrogens with zero attached hydrogens (tertiary/aromatic N) is 1. The summed E-state index contributed by atoms with van der Waals surface area (Å²) in [4.78, 5) is 24.4. The molecule has 1 aliphatic heterocycles. The Morgan fingerprint density at radius 1 is 1.41 bits per heavy atom. The van der Waals surface area contributed by atoms with Gasteiger partial charge in [-0.25, -0.2) is 4.79 Å². The van der Waals surface area contributed by atoms with Gasteiger partial charge in [-0.2, -0.15) is 0 Å². The molecule has 1 aromatic carbocycles. The molecule has 0 fully saturated rings. The number of nitrogens with one attached hydrogen (secondary N) is 1. The Kier molecular flexibility index (Phi) is 2.99. The topological polar surface area (TPSA) is 58.6 Å². The molecule has 0 saturated carbocycles. The number of carbonyl (C=O) groups excluding carboxylic acids is 2. The normalized spacial score (nSPS) is 12.9. The summed E-state index contributed by atoms with van der Waals surface area (Å²) in [5, 5.41) is 2.92. The van der Waals surface area contributed by atoms with Crippen LogP contribution in [0.25, 0.3) is 0 Å². The number of amides is 1. The number of Topliss-reactive ketones (excluding diaryl/α,β-unsaturated/α-hetero) is 1. The maximum atomic E-state index is 11.6. The van der Waals surface area contributed by atoms with Gasteiger partial charge in [0.05, 0.1) is 18.0 Å². The van der Waals surface area contributed by atoms with Gasteiger partial charge in [-0.15, -0.1) is 0 Å². The number of ketones is 1. The van der Waals surface area contributed by atoms with Crippen LogP contribution in [-0.2, 0) is 4.74 Å². The quantitative estimate of drug-likeness (QED) is 0.797. The van der Waals surface area contributed by atoms with Gasteiger partial charge in [0, 0.05) is 5.56 Å². The molecule has 1 amide bonds. The molecular formula is C12H13N2O3. The van der Waals surface area contributed by atoms with Gasteiger partial charge in [-0.05, 0) is 26.0 Å². The minimum atomic E-state index is -0.459. The molecule has 5 heteroatoms. The minimum absolute atomic E-state index is 0.0477. The van der Waals surface area contributed by atoms with Crippen LogP contribution in [0.4, 0.5) is 16.2 Å². The molecule has 0 spiro atoms. The second-order valence-electron chi connectivity index (χ2n) is 3.60. The van der Waals surface area contributed by atoms with Crippen LogP contribution >= 0.6 is 0 Å². The number of anilines is 2. The highest BCUT2D eigenvalue weighted by Crippen LogP contribution is 2.36. The molecule has 1 aliphatic rings. The van der Waals surface area contributed by atoms with Crippen molar-refractivity contribution in [1.29, 1.82) is 0 Å². The fourth-order valence-electron chi connectivity index (χ4n) is 1.73. The fraction of sp³-hybridized carbons (Fsp3) is 0.250. The van der Waals surface area contributed by atoms with Crippen LogP contribution in [0.3, 0.4) is 0 Å². The molecule has 89 valence electrons. The van der Waals surface area contributed by atoms with Crippen LogP contribution in [0.15, 0.2) is 18.2 Å². The first kappa shape index (κ1) is 11.4. The maximum absolute atomic E-state index is 11.6. The van der Waals surface area contributed by atoms with Gasteiger partial charge < -0.3 is 10.1 Å². The Hall–Kier alpha value is -2.04. The smallest absolute Gasteiger partial charge is 0.416 e. The molecule has 0 aliphatic carbocycles. The van der Waals surface area contributed by atoms with Crippen molar-refractivity contribution in [3.05, 3.63) is 30.4 Å². The van der Waals surface area contributed by atoms with Gasteiger partial charge in [-0.1, -0.05) is 6.07 Å². The fourth-order valence-corrected chi connectivity index (χ4v) is 1.73. The van der Waals surface area contributed by atoms with Crippen molar-refractivity contribution in [2.75, 3.05) is 16.8 Å². The van der Waals surface area contributed by atoms with Crippen molar-refractivity contribution in [2.24, 2.45) is 0 Å². The van der Waals surface area contributed by atoms with Crippen molar-refractivity contribution >= 4 is 23.3 Å². The summed E-state index contributed by atoms with van der Waals surface area (Å²) in [5.74, 6) is -0.0477. The van der Waals surface area contributed by atoms with E-state index in [2.05, 4.69) is 5.32 Å². The zero-order valence-electron chi connectivity index (χ0n) is 9.69.